The molecule has 1 aromatic carbocycles. The van der Waals surface area contributed by atoms with Crippen molar-refractivity contribution in [3.8, 4) is 5.75 Å². The van der Waals surface area contributed by atoms with Crippen molar-refractivity contribution in [2.75, 3.05) is 20.2 Å². The highest BCUT2D eigenvalue weighted by molar-refractivity contribution is 6.53. The van der Waals surface area contributed by atoms with Crippen molar-refractivity contribution in [2.24, 2.45) is 0 Å². The molecular formula is C12H18BO3. The molecule has 0 fully saturated rings. The van der Waals surface area contributed by atoms with Gasteiger partial charge in [0.1, 0.15) is 5.75 Å². The topological polar surface area (TPSA) is 27.7 Å². The zero-order chi connectivity index (χ0) is 11.8. The molecule has 1 unspecified atom stereocenters. The zero-order valence-corrected chi connectivity index (χ0v) is 10.1. The second kappa shape index (κ2) is 7.31. The summed E-state index contributed by atoms with van der Waals surface area (Å²) in [6.07, 6.45) is -0.160. The first-order valence-corrected chi connectivity index (χ1v) is 5.46. The number of hydrogen-bond acceptors (Lipinski definition) is 3. The van der Waals surface area contributed by atoms with E-state index in [0.717, 1.165) is 11.2 Å². The molecule has 1 radical (unpaired) electrons. The Bertz CT molecular complexity index is 304. The van der Waals surface area contributed by atoms with E-state index in [4.69, 9.17) is 14.2 Å². The lowest BCUT2D eigenvalue weighted by Gasteiger charge is -2.12. The number of ether oxygens (including phenoxy) is 3. The van der Waals surface area contributed by atoms with Gasteiger partial charge in [-0.3, -0.25) is 0 Å². The molecule has 0 aliphatic heterocycles. The Hall–Kier alpha value is -0.995. The standard InChI is InChI=1S/C12H18BO3/c1-4-15-10(2)16-9-13-11-6-5-7-12(8-11)14-3/h5-8,10H,4,9H2,1-3H3. The molecule has 0 saturated carbocycles. The summed E-state index contributed by atoms with van der Waals surface area (Å²) in [6.45, 7) is 5.04. The lowest BCUT2D eigenvalue weighted by atomic mass is 9.71. The second-order valence-electron chi connectivity index (χ2n) is 3.34. The van der Waals surface area contributed by atoms with E-state index in [1.165, 1.54) is 0 Å². The Kier molecular flexibility index (Phi) is 5.97. The largest absolute Gasteiger partial charge is 0.497 e. The number of benzene rings is 1. The quantitative estimate of drug-likeness (QED) is 0.514. The van der Waals surface area contributed by atoms with Gasteiger partial charge in [-0.15, -0.1) is 0 Å². The third-order valence-electron chi connectivity index (χ3n) is 2.15. The van der Waals surface area contributed by atoms with Crippen LogP contribution in [0.3, 0.4) is 0 Å². The van der Waals surface area contributed by atoms with Crippen molar-refractivity contribution in [2.45, 2.75) is 20.1 Å². The fourth-order valence-electron chi connectivity index (χ4n) is 1.33. The summed E-state index contributed by atoms with van der Waals surface area (Å²) >= 11 is 0. The lowest BCUT2D eigenvalue weighted by Crippen LogP contribution is -2.23. The van der Waals surface area contributed by atoms with Gasteiger partial charge in [0.25, 0.3) is 0 Å². The molecule has 1 aromatic rings. The summed E-state index contributed by atoms with van der Waals surface area (Å²) in [4.78, 5) is 0. The monoisotopic (exact) mass is 221 g/mol. The minimum atomic E-state index is -0.160. The number of methoxy groups -OCH3 is 1. The van der Waals surface area contributed by atoms with Gasteiger partial charge < -0.3 is 14.2 Å². The molecular weight excluding hydrogens is 203 g/mol. The predicted molar refractivity (Wildman–Crippen MR) is 65.4 cm³/mol. The Morgan fingerprint density at radius 3 is 2.81 bits per heavy atom. The molecule has 0 N–H and O–H groups in total. The molecule has 0 amide bonds. The van der Waals surface area contributed by atoms with Crippen LogP contribution in [0.2, 0.25) is 0 Å². The third kappa shape index (κ3) is 4.68. The summed E-state index contributed by atoms with van der Waals surface area (Å²) in [5.74, 6) is 0.853. The van der Waals surface area contributed by atoms with Crippen molar-refractivity contribution in [1.29, 1.82) is 0 Å². The van der Waals surface area contributed by atoms with E-state index >= 15 is 0 Å². The van der Waals surface area contributed by atoms with Crippen LogP contribution in [0.15, 0.2) is 24.3 Å². The smallest absolute Gasteiger partial charge is 0.185 e. The van der Waals surface area contributed by atoms with Gasteiger partial charge in [0.15, 0.2) is 13.6 Å². The molecule has 0 aliphatic carbocycles. The minimum absolute atomic E-state index is 0.160. The van der Waals surface area contributed by atoms with Gasteiger partial charge in [0.2, 0.25) is 0 Å². The van der Waals surface area contributed by atoms with Crippen molar-refractivity contribution in [1.82, 2.24) is 0 Å². The Balaban J connectivity index is 2.31. The van der Waals surface area contributed by atoms with Gasteiger partial charge in [0.05, 0.1) is 7.11 Å². The highest BCUT2D eigenvalue weighted by atomic mass is 16.7. The summed E-state index contributed by atoms with van der Waals surface area (Å²) < 4.78 is 15.8. The van der Waals surface area contributed by atoms with Crippen molar-refractivity contribution in [3.05, 3.63) is 24.3 Å². The molecule has 4 heteroatoms. The molecule has 0 heterocycles. The van der Waals surface area contributed by atoms with E-state index in [1.54, 1.807) is 7.11 Å². The maximum absolute atomic E-state index is 5.44. The SMILES string of the molecule is CCOC(C)OC[B]c1cccc(OC)c1. The molecule has 1 atom stereocenters. The van der Waals surface area contributed by atoms with Crippen molar-refractivity contribution >= 4 is 12.7 Å². The van der Waals surface area contributed by atoms with Gasteiger partial charge in [-0.25, -0.2) is 0 Å². The van der Waals surface area contributed by atoms with Crippen LogP contribution in [-0.4, -0.2) is 33.8 Å². The van der Waals surface area contributed by atoms with Crippen molar-refractivity contribution < 1.29 is 14.2 Å². The van der Waals surface area contributed by atoms with Crippen LogP contribution in [0.4, 0.5) is 0 Å². The first kappa shape index (κ1) is 13.1. The van der Waals surface area contributed by atoms with Crippen LogP contribution in [0.1, 0.15) is 13.8 Å². The molecule has 0 bridgehead atoms. The Labute approximate surface area is 97.9 Å². The summed E-state index contributed by atoms with van der Waals surface area (Å²) in [7, 11) is 3.66. The van der Waals surface area contributed by atoms with Crippen LogP contribution < -0.4 is 10.2 Å². The molecule has 0 aromatic heterocycles. The second-order valence-corrected chi connectivity index (χ2v) is 3.34. The van der Waals surface area contributed by atoms with Gasteiger partial charge in [-0.1, -0.05) is 17.6 Å². The van der Waals surface area contributed by atoms with E-state index in [1.807, 2.05) is 45.4 Å². The highest BCUT2D eigenvalue weighted by Crippen LogP contribution is 2.05. The summed E-state index contributed by atoms with van der Waals surface area (Å²) in [6, 6.07) is 7.85. The fraction of sp³-hybridized carbons (Fsp3) is 0.500. The van der Waals surface area contributed by atoms with Gasteiger partial charge in [-0.05, 0) is 26.0 Å². The summed E-state index contributed by atoms with van der Waals surface area (Å²) in [5, 5.41) is 0. The van der Waals surface area contributed by atoms with E-state index in [0.29, 0.717) is 13.1 Å². The normalized spacial score (nSPS) is 12.2. The van der Waals surface area contributed by atoms with Crippen molar-refractivity contribution in [3.63, 3.8) is 0 Å². The maximum atomic E-state index is 5.44. The van der Waals surface area contributed by atoms with Crippen LogP contribution in [0, 0.1) is 0 Å². The lowest BCUT2D eigenvalue weighted by molar-refractivity contribution is -0.113. The minimum Gasteiger partial charge on any atom is -0.497 e. The molecule has 16 heavy (non-hydrogen) atoms. The fourth-order valence-corrected chi connectivity index (χ4v) is 1.33. The summed E-state index contributed by atoms with van der Waals surface area (Å²) in [5.41, 5.74) is 1.09. The first-order chi connectivity index (χ1) is 7.76. The van der Waals surface area contributed by atoms with Gasteiger partial charge in [-0.2, -0.15) is 0 Å². The average molecular weight is 221 g/mol. The van der Waals surface area contributed by atoms with Crippen LogP contribution in [0.5, 0.6) is 5.75 Å². The molecule has 87 valence electrons. The molecule has 0 aliphatic rings. The van der Waals surface area contributed by atoms with Crippen LogP contribution in [-0.2, 0) is 9.47 Å². The first-order valence-electron chi connectivity index (χ1n) is 5.46. The van der Waals surface area contributed by atoms with Gasteiger partial charge in [0, 0.05) is 13.1 Å². The predicted octanol–water partition coefficient (Wildman–Crippen LogP) is 1.38. The average Bonchev–Trinajstić information content (AvgIpc) is 2.30. The molecule has 3 nitrogen and oxygen atoms in total. The van der Waals surface area contributed by atoms with E-state index in [2.05, 4.69) is 0 Å². The van der Waals surface area contributed by atoms with Gasteiger partial charge >= 0.3 is 0 Å². The van der Waals surface area contributed by atoms with Crippen LogP contribution in [0.25, 0.3) is 0 Å². The molecule has 0 saturated heterocycles. The Morgan fingerprint density at radius 1 is 1.31 bits per heavy atom. The zero-order valence-electron chi connectivity index (χ0n) is 10.1. The van der Waals surface area contributed by atoms with E-state index < -0.39 is 0 Å². The van der Waals surface area contributed by atoms with Crippen LogP contribution >= 0.6 is 0 Å². The maximum Gasteiger partial charge on any atom is 0.185 e. The molecule has 1 rings (SSSR count). The highest BCUT2D eigenvalue weighted by Gasteiger charge is 2.02. The van der Waals surface area contributed by atoms with E-state index in [-0.39, 0.29) is 6.29 Å². The molecule has 0 spiro atoms. The third-order valence-corrected chi connectivity index (χ3v) is 2.15. The number of hydrogen-bond donors (Lipinski definition) is 0. The Morgan fingerprint density at radius 2 is 2.12 bits per heavy atom. The van der Waals surface area contributed by atoms with E-state index in [9.17, 15) is 0 Å². The number of rotatable bonds is 7.